The van der Waals surface area contributed by atoms with Gasteiger partial charge >= 0.3 is 0 Å². The second-order valence-electron chi connectivity index (χ2n) is 8.65. The Balaban J connectivity index is 1.87. The largest absolute Gasteiger partial charge is 0.497 e. The molecule has 0 N–H and O–H groups in total. The molecule has 28 heavy (non-hydrogen) atoms. The molecule has 1 fully saturated rings. The van der Waals surface area contributed by atoms with Crippen LogP contribution in [0.5, 0.6) is 5.75 Å². The summed E-state index contributed by atoms with van der Waals surface area (Å²) in [6, 6.07) is 17.9. The summed E-state index contributed by atoms with van der Waals surface area (Å²) < 4.78 is 5.20. The summed E-state index contributed by atoms with van der Waals surface area (Å²) in [7, 11) is 1.65. The molecular formula is C24H28N2O2. The van der Waals surface area contributed by atoms with Gasteiger partial charge in [0.25, 0.3) is 0 Å². The minimum atomic E-state index is -1.11. The maximum absolute atomic E-state index is 13.3. The first-order chi connectivity index (χ1) is 13.2. The first kappa shape index (κ1) is 19.9. The molecule has 1 saturated heterocycles. The lowest BCUT2D eigenvalue weighted by atomic mass is 9.58. The highest BCUT2D eigenvalue weighted by Crippen LogP contribution is 2.49. The van der Waals surface area contributed by atoms with Gasteiger partial charge in [-0.3, -0.25) is 4.79 Å². The summed E-state index contributed by atoms with van der Waals surface area (Å²) in [6.07, 6.45) is 0.748. The van der Waals surface area contributed by atoms with Crippen LogP contribution in [0.3, 0.4) is 0 Å². The van der Waals surface area contributed by atoms with Gasteiger partial charge in [-0.05, 0) is 42.0 Å². The second kappa shape index (κ2) is 7.31. The summed E-state index contributed by atoms with van der Waals surface area (Å²) in [5.41, 5.74) is 1.74. The summed E-state index contributed by atoms with van der Waals surface area (Å²) >= 11 is 0. The fourth-order valence-corrected chi connectivity index (χ4v) is 4.29. The number of carbonyl (C=O) groups excluding carboxylic acids is 1. The van der Waals surface area contributed by atoms with Crippen molar-refractivity contribution < 1.29 is 9.53 Å². The van der Waals surface area contributed by atoms with Crippen molar-refractivity contribution in [1.82, 2.24) is 4.90 Å². The van der Waals surface area contributed by atoms with E-state index in [1.165, 1.54) is 0 Å². The molecule has 2 aromatic rings. The average Bonchev–Trinajstić information content (AvgIpc) is 2.67. The van der Waals surface area contributed by atoms with Crippen molar-refractivity contribution >= 4 is 5.91 Å². The molecule has 0 spiro atoms. The molecule has 0 bridgehead atoms. The molecule has 3 rings (SSSR count). The molecule has 0 aliphatic carbocycles. The lowest BCUT2D eigenvalue weighted by Gasteiger charge is -2.58. The van der Waals surface area contributed by atoms with Crippen molar-refractivity contribution in [2.24, 2.45) is 5.41 Å². The minimum absolute atomic E-state index is 0.0905. The van der Waals surface area contributed by atoms with Gasteiger partial charge in [0, 0.05) is 6.54 Å². The number of aryl methyl sites for hydroxylation is 1. The zero-order chi connectivity index (χ0) is 20.5. The first-order valence-electron chi connectivity index (χ1n) is 9.66. The average molecular weight is 377 g/mol. The van der Waals surface area contributed by atoms with E-state index in [0.717, 1.165) is 28.9 Å². The number of amides is 1. The molecule has 2 atom stereocenters. The zero-order valence-corrected chi connectivity index (χ0v) is 17.3. The van der Waals surface area contributed by atoms with Crippen molar-refractivity contribution in [2.45, 2.75) is 45.6 Å². The van der Waals surface area contributed by atoms with Gasteiger partial charge in [0.05, 0.1) is 19.2 Å². The Morgan fingerprint density at radius 1 is 1.11 bits per heavy atom. The van der Waals surface area contributed by atoms with Crippen LogP contribution in [0, 0.1) is 23.7 Å². The normalized spacial score (nSPS) is 21.8. The zero-order valence-electron chi connectivity index (χ0n) is 17.3. The van der Waals surface area contributed by atoms with E-state index in [9.17, 15) is 10.1 Å². The fraction of sp³-hybridized carbons (Fsp3) is 0.417. The maximum Gasteiger partial charge on any atom is 0.250 e. The van der Waals surface area contributed by atoms with Crippen LogP contribution in [0.25, 0.3) is 0 Å². The van der Waals surface area contributed by atoms with Gasteiger partial charge in [-0.1, -0.05) is 62.7 Å². The Labute approximate surface area is 167 Å². The first-order valence-corrected chi connectivity index (χ1v) is 9.66. The molecule has 1 heterocycles. The lowest BCUT2D eigenvalue weighted by Crippen LogP contribution is -2.75. The van der Waals surface area contributed by atoms with E-state index in [2.05, 4.69) is 26.8 Å². The second-order valence-corrected chi connectivity index (χ2v) is 8.65. The van der Waals surface area contributed by atoms with E-state index in [0.29, 0.717) is 6.54 Å². The van der Waals surface area contributed by atoms with E-state index >= 15 is 0 Å². The maximum atomic E-state index is 13.3. The predicted molar refractivity (Wildman–Crippen MR) is 110 cm³/mol. The van der Waals surface area contributed by atoms with E-state index in [1.54, 1.807) is 7.11 Å². The third-order valence-corrected chi connectivity index (χ3v) is 5.62. The summed E-state index contributed by atoms with van der Waals surface area (Å²) in [5, 5.41) is 10.1. The number of hydrogen-bond donors (Lipinski definition) is 0. The highest BCUT2D eigenvalue weighted by Gasteiger charge is 2.65. The molecule has 2 aromatic carbocycles. The van der Waals surface area contributed by atoms with Gasteiger partial charge in [0.2, 0.25) is 5.91 Å². The Bertz CT molecular complexity index is 888. The number of ether oxygens (including phenoxy) is 1. The van der Waals surface area contributed by atoms with Crippen molar-refractivity contribution in [3.63, 3.8) is 0 Å². The number of nitrogens with zero attached hydrogens (tertiary/aromatic N) is 2. The van der Waals surface area contributed by atoms with Crippen molar-refractivity contribution in [2.75, 3.05) is 13.7 Å². The molecule has 1 aliphatic rings. The number of nitriles is 1. The quantitative estimate of drug-likeness (QED) is 0.733. The monoisotopic (exact) mass is 376 g/mol. The van der Waals surface area contributed by atoms with Crippen molar-refractivity contribution in [3.05, 3.63) is 65.2 Å². The Morgan fingerprint density at radius 2 is 1.71 bits per heavy atom. The SMILES string of the molecule is COc1ccc(CCN2C(=O)[C@](C#N)(c3ccc(C)cc3)[C@H]2C(C)(C)C)cc1. The van der Waals surface area contributed by atoms with Gasteiger partial charge in [-0.15, -0.1) is 0 Å². The van der Waals surface area contributed by atoms with Crippen LogP contribution in [-0.2, 0) is 16.6 Å². The van der Waals surface area contributed by atoms with Gasteiger partial charge in [0.1, 0.15) is 5.75 Å². The molecule has 0 aromatic heterocycles. The van der Waals surface area contributed by atoms with Crippen LogP contribution < -0.4 is 4.74 Å². The number of likely N-dealkylation sites (tertiary alicyclic amines) is 1. The van der Waals surface area contributed by atoms with Crippen LogP contribution in [0.15, 0.2) is 48.5 Å². The lowest BCUT2D eigenvalue weighted by molar-refractivity contribution is -0.164. The third-order valence-electron chi connectivity index (χ3n) is 5.62. The number of carbonyl (C=O) groups is 1. The van der Waals surface area contributed by atoms with Gasteiger partial charge in [-0.25, -0.2) is 0 Å². The highest BCUT2D eigenvalue weighted by atomic mass is 16.5. The molecule has 0 saturated carbocycles. The predicted octanol–water partition coefficient (Wildman–Crippen LogP) is 4.26. The molecule has 4 nitrogen and oxygen atoms in total. The van der Waals surface area contributed by atoms with Crippen LogP contribution in [0.4, 0.5) is 0 Å². The summed E-state index contributed by atoms with van der Waals surface area (Å²) in [5.74, 6) is 0.728. The number of rotatable bonds is 5. The minimum Gasteiger partial charge on any atom is -0.497 e. The van der Waals surface area contributed by atoms with E-state index in [4.69, 9.17) is 4.74 Å². The Kier molecular flexibility index (Phi) is 5.21. The number of benzene rings is 2. The molecule has 1 amide bonds. The molecule has 0 radical (unpaired) electrons. The van der Waals surface area contributed by atoms with Crippen LogP contribution in [0.1, 0.15) is 37.5 Å². The highest BCUT2D eigenvalue weighted by molar-refractivity contribution is 5.99. The van der Waals surface area contributed by atoms with Crippen LogP contribution >= 0.6 is 0 Å². The standard InChI is InChI=1S/C24H28N2O2/c1-17-6-10-19(11-7-17)24(16-25)21(23(2,3)4)26(22(24)27)15-14-18-8-12-20(28-5)13-9-18/h6-13,21H,14-15H2,1-5H3/t21-,24-/m1/s1. The Morgan fingerprint density at radius 3 is 2.21 bits per heavy atom. The molecule has 0 unspecified atom stereocenters. The van der Waals surface area contributed by atoms with Crippen molar-refractivity contribution in [1.29, 1.82) is 5.26 Å². The van der Waals surface area contributed by atoms with Crippen molar-refractivity contribution in [3.8, 4) is 11.8 Å². The number of methoxy groups -OCH3 is 1. The van der Waals surface area contributed by atoms with Gasteiger partial charge in [-0.2, -0.15) is 5.26 Å². The summed E-state index contributed by atoms with van der Waals surface area (Å²) in [4.78, 5) is 15.1. The van der Waals surface area contributed by atoms with Crippen LogP contribution in [0.2, 0.25) is 0 Å². The summed E-state index contributed by atoms with van der Waals surface area (Å²) in [6.45, 7) is 8.91. The molecule has 1 aliphatic heterocycles. The van der Waals surface area contributed by atoms with E-state index < -0.39 is 5.41 Å². The smallest absolute Gasteiger partial charge is 0.250 e. The number of β-lactam (4-membered cyclic amide) rings is 1. The van der Waals surface area contributed by atoms with E-state index in [1.807, 2.05) is 60.4 Å². The molecule has 4 heteroatoms. The molecule has 146 valence electrons. The fourth-order valence-electron chi connectivity index (χ4n) is 4.29. The topological polar surface area (TPSA) is 53.3 Å². The third kappa shape index (κ3) is 3.26. The molecular weight excluding hydrogens is 348 g/mol. The number of hydrogen-bond acceptors (Lipinski definition) is 3. The Hall–Kier alpha value is -2.80. The van der Waals surface area contributed by atoms with Crippen LogP contribution in [-0.4, -0.2) is 30.5 Å². The van der Waals surface area contributed by atoms with Gasteiger partial charge < -0.3 is 9.64 Å². The van der Waals surface area contributed by atoms with E-state index in [-0.39, 0.29) is 17.4 Å². The van der Waals surface area contributed by atoms with Gasteiger partial charge in [0.15, 0.2) is 5.41 Å².